The maximum absolute atomic E-state index is 12.4. The Kier molecular flexibility index (Phi) is 2.67. The van der Waals surface area contributed by atoms with Gasteiger partial charge in [0, 0.05) is 13.1 Å². The van der Waals surface area contributed by atoms with Crippen LogP contribution in [0.25, 0.3) is 0 Å². The number of carbonyl (C=O) groups is 2. The molecule has 2 amide bonds. The van der Waals surface area contributed by atoms with Gasteiger partial charge in [-0.3, -0.25) is 14.5 Å². The number of hydrogen-bond donors (Lipinski definition) is 1. The number of likely N-dealkylation sites (tertiary alicyclic amines) is 1. The van der Waals surface area contributed by atoms with E-state index in [1.807, 2.05) is 18.2 Å². The lowest BCUT2D eigenvalue weighted by Crippen LogP contribution is -2.35. The number of carbonyl (C=O) groups excluding carboxylic acids is 2. The first-order valence-electron chi connectivity index (χ1n) is 6.37. The van der Waals surface area contributed by atoms with Crippen LogP contribution >= 0.6 is 0 Å². The minimum absolute atomic E-state index is 0.0371. The molecule has 1 heterocycles. The molecule has 0 saturated carbocycles. The zero-order chi connectivity index (χ0) is 12.7. The first kappa shape index (κ1) is 11.4. The fraction of sp³-hybridized carbons (Fsp3) is 0.429. The molecule has 4 heteroatoms. The van der Waals surface area contributed by atoms with E-state index in [1.165, 1.54) is 10.5 Å². The molecule has 2 atom stereocenters. The minimum atomic E-state index is -0.269. The first-order valence-corrected chi connectivity index (χ1v) is 6.37. The minimum Gasteiger partial charge on any atom is -0.329 e. The van der Waals surface area contributed by atoms with E-state index in [1.54, 1.807) is 0 Å². The number of nitrogens with two attached hydrogens (primary N) is 1. The van der Waals surface area contributed by atoms with E-state index in [2.05, 4.69) is 6.07 Å². The third kappa shape index (κ3) is 1.49. The second-order valence-corrected chi connectivity index (χ2v) is 4.94. The van der Waals surface area contributed by atoms with Crippen LogP contribution in [0.15, 0.2) is 24.3 Å². The number of aryl methyl sites for hydroxylation is 1. The zero-order valence-corrected chi connectivity index (χ0v) is 10.1. The average Bonchev–Trinajstić information content (AvgIpc) is 2.64. The van der Waals surface area contributed by atoms with Gasteiger partial charge in [-0.15, -0.1) is 0 Å². The molecule has 1 saturated heterocycles. The van der Waals surface area contributed by atoms with Crippen LogP contribution in [0.5, 0.6) is 0 Å². The van der Waals surface area contributed by atoms with Gasteiger partial charge in [0.05, 0.1) is 11.8 Å². The summed E-state index contributed by atoms with van der Waals surface area (Å²) in [4.78, 5) is 25.9. The van der Waals surface area contributed by atoms with Gasteiger partial charge in [-0.2, -0.15) is 0 Å². The molecule has 0 aromatic heterocycles. The molecule has 2 aliphatic rings. The topological polar surface area (TPSA) is 63.4 Å². The lowest BCUT2D eigenvalue weighted by Gasteiger charge is -2.24. The van der Waals surface area contributed by atoms with Crippen LogP contribution < -0.4 is 5.73 Å². The second kappa shape index (κ2) is 4.21. The van der Waals surface area contributed by atoms with Gasteiger partial charge in [0.25, 0.3) is 0 Å². The number of nitrogens with zero attached hydrogens (tertiary/aromatic N) is 1. The number of rotatable bonds is 2. The highest BCUT2D eigenvalue weighted by Gasteiger charge is 2.49. The highest BCUT2D eigenvalue weighted by molar-refractivity contribution is 6.08. The molecule has 3 rings (SSSR count). The van der Waals surface area contributed by atoms with Gasteiger partial charge in [-0.25, -0.2) is 0 Å². The van der Waals surface area contributed by atoms with Crippen molar-refractivity contribution in [1.29, 1.82) is 0 Å². The van der Waals surface area contributed by atoms with E-state index in [0.29, 0.717) is 13.1 Å². The van der Waals surface area contributed by atoms with Crippen molar-refractivity contribution >= 4 is 11.8 Å². The molecule has 0 radical (unpaired) electrons. The molecule has 1 fully saturated rings. The molecule has 2 unspecified atom stereocenters. The maximum Gasteiger partial charge on any atom is 0.237 e. The smallest absolute Gasteiger partial charge is 0.237 e. The number of fused-ring (bicyclic) bond motifs is 3. The number of amides is 2. The van der Waals surface area contributed by atoms with Crippen LogP contribution in [-0.4, -0.2) is 29.8 Å². The van der Waals surface area contributed by atoms with E-state index >= 15 is 0 Å². The molecule has 1 aliphatic carbocycles. The summed E-state index contributed by atoms with van der Waals surface area (Å²) in [5.74, 6) is -0.541. The van der Waals surface area contributed by atoms with E-state index in [4.69, 9.17) is 5.73 Å². The SMILES string of the molecule is NCCN1C(=O)C2CCc3ccccc3C2C1=O. The monoisotopic (exact) mass is 244 g/mol. The summed E-state index contributed by atoms with van der Waals surface area (Å²) in [5, 5.41) is 0. The van der Waals surface area contributed by atoms with Crippen LogP contribution in [0.3, 0.4) is 0 Å². The summed E-state index contributed by atoms with van der Waals surface area (Å²) >= 11 is 0. The molecule has 1 aromatic rings. The lowest BCUT2D eigenvalue weighted by molar-refractivity contribution is -0.139. The van der Waals surface area contributed by atoms with Crippen LogP contribution in [0, 0.1) is 5.92 Å². The maximum atomic E-state index is 12.4. The quantitative estimate of drug-likeness (QED) is 0.777. The summed E-state index contributed by atoms with van der Waals surface area (Å²) in [6, 6.07) is 7.95. The molecule has 4 nitrogen and oxygen atoms in total. The van der Waals surface area contributed by atoms with Crippen LogP contribution in [0.2, 0.25) is 0 Å². The summed E-state index contributed by atoms with van der Waals surface area (Å²) in [5.41, 5.74) is 7.71. The molecular weight excluding hydrogens is 228 g/mol. The Balaban J connectivity index is 2.02. The summed E-state index contributed by atoms with van der Waals surface area (Å²) in [6.07, 6.45) is 1.65. The molecule has 1 aliphatic heterocycles. The van der Waals surface area contributed by atoms with Crippen LogP contribution in [-0.2, 0) is 16.0 Å². The van der Waals surface area contributed by atoms with E-state index in [9.17, 15) is 9.59 Å². The summed E-state index contributed by atoms with van der Waals surface area (Å²) in [6.45, 7) is 0.672. The third-order valence-corrected chi connectivity index (χ3v) is 3.99. The van der Waals surface area contributed by atoms with Crippen molar-refractivity contribution in [3.05, 3.63) is 35.4 Å². The van der Waals surface area contributed by atoms with Gasteiger partial charge in [-0.1, -0.05) is 24.3 Å². The summed E-state index contributed by atoms with van der Waals surface area (Å²) in [7, 11) is 0. The van der Waals surface area contributed by atoms with Crippen LogP contribution in [0.1, 0.15) is 23.5 Å². The molecule has 94 valence electrons. The van der Waals surface area contributed by atoms with E-state index < -0.39 is 0 Å². The summed E-state index contributed by atoms with van der Waals surface area (Å²) < 4.78 is 0. The normalized spacial score (nSPS) is 26.2. The van der Waals surface area contributed by atoms with Gasteiger partial charge in [0.1, 0.15) is 0 Å². The Labute approximate surface area is 106 Å². The number of benzene rings is 1. The largest absolute Gasteiger partial charge is 0.329 e. The predicted molar refractivity (Wildman–Crippen MR) is 66.8 cm³/mol. The predicted octanol–water partition coefficient (Wildman–Crippen LogP) is 0.660. The lowest BCUT2D eigenvalue weighted by atomic mass is 9.76. The highest BCUT2D eigenvalue weighted by Crippen LogP contribution is 2.42. The Bertz CT molecular complexity index is 512. The fourth-order valence-electron chi connectivity index (χ4n) is 3.16. The molecule has 2 N–H and O–H groups in total. The van der Waals surface area contributed by atoms with Crippen molar-refractivity contribution in [1.82, 2.24) is 4.90 Å². The Hall–Kier alpha value is -1.68. The van der Waals surface area contributed by atoms with Crippen molar-refractivity contribution in [2.45, 2.75) is 18.8 Å². The Morgan fingerprint density at radius 1 is 1.22 bits per heavy atom. The highest BCUT2D eigenvalue weighted by atomic mass is 16.2. The molecule has 18 heavy (non-hydrogen) atoms. The fourth-order valence-corrected chi connectivity index (χ4v) is 3.16. The Morgan fingerprint density at radius 3 is 2.78 bits per heavy atom. The van der Waals surface area contributed by atoms with Crippen molar-refractivity contribution in [2.75, 3.05) is 13.1 Å². The van der Waals surface area contributed by atoms with Gasteiger partial charge < -0.3 is 5.73 Å². The first-order chi connectivity index (χ1) is 8.74. The van der Waals surface area contributed by atoms with Gasteiger partial charge in [0.2, 0.25) is 11.8 Å². The molecule has 0 bridgehead atoms. The molecular formula is C14H16N2O2. The Morgan fingerprint density at radius 2 is 2.00 bits per heavy atom. The van der Waals surface area contributed by atoms with Crippen molar-refractivity contribution in [3.63, 3.8) is 0 Å². The molecule has 1 aromatic carbocycles. The van der Waals surface area contributed by atoms with Crippen molar-refractivity contribution < 1.29 is 9.59 Å². The van der Waals surface area contributed by atoms with E-state index in [-0.39, 0.29) is 23.7 Å². The van der Waals surface area contributed by atoms with Crippen molar-refractivity contribution in [3.8, 4) is 0 Å². The molecule has 0 spiro atoms. The number of hydrogen-bond acceptors (Lipinski definition) is 3. The standard InChI is InChI=1S/C14H16N2O2/c15-7-8-16-13(17)11-6-5-9-3-1-2-4-10(9)12(11)14(16)18/h1-4,11-12H,5-8,15H2. The van der Waals surface area contributed by atoms with Crippen molar-refractivity contribution in [2.24, 2.45) is 11.7 Å². The van der Waals surface area contributed by atoms with Gasteiger partial charge in [0.15, 0.2) is 0 Å². The third-order valence-electron chi connectivity index (χ3n) is 3.99. The van der Waals surface area contributed by atoms with Gasteiger partial charge >= 0.3 is 0 Å². The number of imide groups is 1. The average molecular weight is 244 g/mol. The van der Waals surface area contributed by atoms with Crippen LogP contribution in [0.4, 0.5) is 0 Å². The zero-order valence-electron chi connectivity index (χ0n) is 10.1. The van der Waals surface area contributed by atoms with Gasteiger partial charge in [-0.05, 0) is 24.0 Å². The van der Waals surface area contributed by atoms with E-state index in [0.717, 1.165) is 18.4 Å². The second-order valence-electron chi connectivity index (χ2n) is 4.94.